The van der Waals surface area contributed by atoms with Crippen LogP contribution in [0.3, 0.4) is 0 Å². The predicted octanol–water partition coefficient (Wildman–Crippen LogP) is 4.00. The third-order valence-corrected chi connectivity index (χ3v) is 5.61. The van der Waals surface area contributed by atoms with Crippen LogP contribution in [0.15, 0.2) is 51.8 Å². The van der Waals surface area contributed by atoms with Crippen molar-refractivity contribution in [2.24, 2.45) is 0 Å². The van der Waals surface area contributed by atoms with Crippen molar-refractivity contribution in [2.45, 2.75) is 17.9 Å². The molecule has 0 saturated carbocycles. The van der Waals surface area contributed by atoms with Gasteiger partial charge in [-0.15, -0.1) is 0 Å². The highest BCUT2D eigenvalue weighted by Gasteiger charge is 2.18. The van der Waals surface area contributed by atoms with Gasteiger partial charge in [0.2, 0.25) is 0 Å². The number of nitrogens with one attached hydrogen (secondary N) is 1. The van der Waals surface area contributed by atoms with E-state index in [1.807, 2.05) is 31.2 Å². The van der Waals surface area contributed by atoms with Gasteiger partial charge in [0.1, 0.15) is 0 Å². The molecule has 1 N–H and O–H groups in total. The number of sulfone groups is 1. The Morgan fingerprint density at radius 3 is 2.48 bits per heavy atom. The Morgan fingerprint density at radius 1 is 1.22 bits per heavy atom. The number of carbonyl (C=O) groups is 1. The van der Waals surface area contributed by atoms with Gasteiger partial charge in [0.25, 0.3) is 5.91 Å². The van der Waals surface area contributed by atoms with Gasteiger partial charge in [0, 0.05) is 16.3 Å². The molecule has 1 atom stereocenters. The first-order chi connectivity index (χ1) is 10.7. The number of hydrogen-bond donors (Lipinski definition) is 1. The molecule has 0 bridgehead atoms. The molecule has 1 unspecified atom stereocenters. The highest BCUT2D eigenvalue weighted by Crippen LogP contribution is 2.25. The molecule has 0 aliphatic heterocycles. The molecule has 7 heteroatoms. The SMILES string of the molecule is CC(NC(=O)c1ccc(Cl)c(S(C)(=O)=O)c1)c1ccccc1Br. The van der Waals surface area contributed by atoms with Gasteiger partial charge in [-0.25, -0.2) is 8.42 Å². The molecule has 2 aromatic rings. The van der Waals surface area contributed by atoms with E-state index in [2.05, 4.69) is 21.2 Å². The topological polar surface area (TPSA) is 63.2 Å². The summed E-state index contributed by atoms with van der Waals surface area (Å²) in [6.07, 6.45) is 1.06. The normalized spacial score (nSPS) is 12.7. The monoisotopic (exact) mass is 415 g/mol. The smallest absolute Gasteiger partial charge is 0.251 e. The Balaban J connectivity index is 2.27. The van der Waals surface area contributed by atoms with Crippen LogP contribution in [0.4, 0.5) is 0 Å². The van der Waals surface area contributed by atoms with Gasteiger partial charge in [-0.05, 0) is 36.8 Å². The van der Waals surface area contributed by atoms with E-state index in [0.717, 1.165) is 16.3 Å². The van der Waals surface area contributed by atoms with Gasteiger partial charge in [0.05, 0.1) is 16.0 Å². The van der Waals surface area contributed by atoms with Crippen molar-refractivity contribution in [3.05, 3.63) is 63.1 Å². The van der Waals surface area contributed by atoms with Gasteiger partial charge in [-0.3, -0.25) is 4.79 Å². The van der Waals surface area contributed by atoms with Crippen LogP contribution in [0.5, 0.6) is 0 Å². The van der Waals surface area contributed by atoms with Crippen molar-refractivity contribution in [2.75, 3.05) is 6.26 Å². The molecule has 0 radical (unpaired) electrons. The molecule has 0 saturated heterocycles. The summed E-state index contributed by atoms with van der Waals surface area (Å²) in [5.41, 5.74) is 1.17. The maximum atomic E-state index is 12.4. The fraction of sp³-hybridized carbons (Fsp3) is 0.188. The summed E-state index contributed by atoms with van der Waals surface area (Å²) in [4.78, 5) is 12.3. The van der Waals surface area contributed by atoms with Crippen LogP contribution in [0.2, 0.25) is 5.02 Å². The molecular formula is C16H15BrClNO3S. The van der Waals surface area contributed by atoms with Crippen LogP contribution >= 0.6 is 27.5 Å². The third-order valence-electron chi connectivity index (χ3n) is 3.31. The summed E-state index contributed by atoms with van der Waals surface area (Å²) in [5, 5.41) is 2.94. The van der Waals surface area contributed by atoms with Crippen molar-refractivity contribution in [1.82, 2.24) is 5.32 Å². The lowest BCUT2D eigenvalue weighted by molar-refractivity contribution is 0.0939. The molecule has 2 aromatic carbocycles. The predicted molar refractivity (Wildman–Crippen MR) is 94.6 cm³/mol. The van der Waals surface area contributed by atoms with Crippen molar-refractivity contribution in [3.63, 3.8) is 0 Å². The first kappa shape index (κ1) is 18.0. The number of carbonyl (C=O) groups excluding carboxylic acids is 1. The van der Waals surface area contributed by atoms with E-state index in [4.69, 9.17) is 11.6 Å². The summed E-state index contributed by atoms with van der Waals surface area (Å²) in [6.45, 7) is 1.85. The third kappa shape index (κ3) is 4.34. The summed E-state index contributed by atoms with van der Waals surface area (Å²) in [6, 6.07) is 11.5. The zero-order chi connectivity index (χ0) is 17.2. The first-order valence-electron chi connectivity index (χ1n) is 6.75. The van der Waals surface area contributed by atoms with E-state index in [1.54, 1.807) is 0 Å². The van der Waals surface area contributed by atoms with Crippen molar-refractivity contribution < 1.29 is 13.2 Å². The Kier molecular flexibility index (Phi) is 5.49. The van der Waals surface area contributed by atoms with Crippen LogP contribution in [0.25, 0.3) is 0 Å². The minimum atomic E-state index is -3.50. The van der Waals surface area contributed by atoms with Crippen LogP contribution in [0.1, 0.15) is 28.9 Å². The molecule has 0 aromatic heterocycles. The van der Waals surface area contributed by atoms with Crippen molar-refractivity contribution in [1.29, 1.82) is 0 Å². The summed E-state index contributed by atoms with van der Waals surface area (Å²) in [5.74, 6) is -0.366. The largest absolute Gasteiger partial charge is 0.345 e. The van der Waals surface area contributed by atoms with Crippen molar-refractivity contribution >= 4 is 43.3 Å². The highest BCUT2D eigenvalue weighted by atomic mass is 79.9. The van der Waals surface area contributed by atoms with Gasteiger partial charge < -0.3 is 5.32 Å². The van der Waals surface area contributed by atoms with E-state index in [1.165, 1.54) is 18.2 Å². The van der Waals surface area contributed by atoms with Gasteiger partial charge >= 0.3 is 0 Å². The minimum Gasteiger partial charge on any atom is -0.345 e. The summed E-state index contributed by atoms with van der Waals surface area (Å²) in [7, 11) is -3.50. The lowest BCUT2D eigenvalue weighted by Crippen LogP contribution is -2.27. The average molecular weight is 417 g/mol. The maximum Gasteiger partial charge on any atom is 0.251 e. The molecule has 2 rings (SSSR count). The Labute approximate surface area is 148 Å². The highest BCUT2D eigenvalue weighted by molar-refractivity contribution is 9.10. The second-order valence-corrected chi connectivity index (χ2v) is 8.38. The second kappa shape index (κ2) is 7.03. The van der Waals surface area contributed by atoms with Crippen LogP contribution in [-0.2, 0) is 9.84 Å². The molecule has 0 fully saturated rings. The van der Waals surface area contributed by atoms with E-state index < -0.39 is 9.84 Å². The van der Waals surface area contributed by atoms with Crippen LogP contribution in [-0.4, -0.2) is 20.6 Å². The Hall–Kier alpha value is -1.37. The van der Waals surface area contributed by atoms with Crippen LogP contribution < -0.4 is 5.32 Å². The lowest BCUT2D eigenvalue weighted by atomic mass is 10.1. The fourth-order valence-electron chi connectivity index (χ4n) is 2.11. The quantitative estimate of drug-likeness (QED) is 0.819. The number of rotatable bonds is 4. The first-order valence-corrected chi connectivity index (χ1v) is 9.81. The van der Waals surface area contributed by atoms with Crippen molar-refractivity contribution in [3.8, 4) is 0 Å². The standard InChI is InChI=1S/C16H15BrClNO3S/c1-10(12-5-3-4-6-13(12)17)19-16(20)11-7-8-14(18)15(9-11)23(2,21)22/h3-10H,1-2H3,(H,19,20). The molecule has 0 aliphatic carbocycles. The summed E-state index contributed by atoms with van der Waals surface area (Å²) < 4.78 is 24.3. The maximum absolute atomic E-state index is 12.4. The van der Waals surface area contributed by atoms with E-state index >= 15 is 0 Å². The van der Waals surface area contributed by atoms with E-state index in [0.29, 0.717) is 0 Å². The Bertz CT molecular complexity index is 852. The number of benzene rings is 2. The molecule has 0 aliphatic rings. The van der Waals surface area contributed by atoms with Crippen LogP contribution in [0, 0.1) is 0 Å². The van der Waals surface area contributed by atoms with E-state index in [-0.39, 0.29) is 27.4 Å². The molecule has 0 heterocycles. The molecule has 122 valence electrons. The molecule has 0 spiro atoms. The minimum absolute atomic E-state index is 0.0552. The molecule has 1 amide bonds. The number of amides is 1. The molecular weight excluding hydrogens is 402 g/mol. The Morgan fingerprint density at radius 2 is 1.87 bits per heavy atom. The second-order valence-electron chi connectivity index (χ2n) is 5.13. The fourth-order valence-corrected chi connectivity index (χ4v) is 4.04. The van der Waals surface area contributed by atoms with Gasteiger partial charge in [0.15, 0.2) is 9.84 Å². The zero-order valence-corrected chi connectivity index (χ0v) is 15.7. The van der Waals surface area contributed by atoms with Gasteiger partial charge in [-0.1, -0.05) is 45.7 Å². The molecule has 23 heavy (non-hydrogen) atoms. The zero-order valence-electron chi connectivity index (χ0n) is 12.5. The summed E-state index contributed by atoms with van der Waals surface area (Å²) >= 11 is 9.33. The molecule has 4 nitrogen and oxygen atoms in total. The van der Waals surface area contributed by atoms with Gasteiger partial charge in [-0.2, -0.15) is 0 Å². The lowest BCUT2D eigenvalue weighted by Gasteiger charge is -2.16. The number of halogens is 2. The van der Waals surface area contributed by atoms with E-state index in [9.17, 15) is 13.2 Å². The average Bonchev–Trinajstić information content (AvgIpc) is 2.46. The number of hydrogen-bond acceptors (Lipinski definition) is 3.